The normalized spacial score (nSPS) is 26.6. The lowest BCUT2D eigenvalue weighted by molar-refractivity contribution is 0.371. The van der Waals surface area contributed by atoms with Gasteiger partial charge in [0.25, 0.3) is 0 Å². The van der Waals surface area contributed by atoms with Gasteiger partial charge in [-0.05, 0) is 79.2 Å². The number of fused-ring (bicyclic) bond motifs is 2. The van der Waals surface area contributed by atoms with E-state index in [2.05, 4.69) is 112 Å². The molecule has 1 saturated carbocycles. The molecule has 4 atom stereocenters. The standard InChI is InChI=1S/C34H42N4/c1-33(2)26-11-7-9-13-28(26)37(5)30(33)19-17-23-15-16-24(32(23)25(21-35)22-36)18-20-31-34(3,4)27-12-8-10-14-29(27)38(31)6/h7-14,23-24,30-31H,15-20H2,1-6H3. The molecular weight excluding hydrogens is 464 g/mol. The molecule has 0 bridgehead atoms. The van der Waals surface area contributed by atoms with Gasteiger partial charge < -0.3 is 9.80 Å². The third kappa shape index (κ3) is 4.10. The van der Waals surface area contributed by atoms with E-state index in [-0.39, 0.29) is 10.8 Å². The van der Waals surface area contributed by atoms with E-state index in [1.54, 1.807) is 0 Å². The highest BCUT2D eigenvalue weighted by atomic mass is 15.2. The highest BCUT2D eigenvalue weighted by molar-refractivity contribution is 5.64. The zero-order valence-electron chi connectivity index (χ0n) is 24.0. The van der Waals surface area contributed by atoms with Crippen molar-refractivity contribution in [3.8, 4) is 12.1 Å². The highest BCUT2D eigenvalue weighted by Crippen LogP contribution is 2.50. The monoisotopic (exact) mass is 506 g/mol. The van der Waals surface area contributed by atoms with Gasteiger partial charge in [-0.25, -0.2) is 0 Å². The summed E-state index contributed by atoms with van der Waals surface area (Å²) >= 11 is 0. The van der Waals surface area contributed by atoms with Gasteiger partial charge in [0.1, 0.15) is 17.7 Å². The minimum atomic E-state index is 0.0775. The van der Waals surface area contributed by atoms with Crippen LogP contribution < -0.4 is 9.80 Å². The van der Waals surface area contributed by atoms with Crippen LogP contribution in [0.15, 0.2) is 59.7 Å². The molecule has 0 N–H and O–H groups in total. The molecule has 5 rings (SSSR count). The van der Waals surface area contributed by atoms with Crippen molar-refractivity contribution < 1.29 is 0 Å². The van der Waals surface area contributed by atoms with Crippen LogP contribution in [-0.4, -0.2) is 26.2 Å². The van der Waals surface area contributed by atoms with Crippen molar-refractivity contribution >= 4 is 11.4 Å². The van der Waals surface area contributed by atoms with Crippen molar-refractivity contribution in [2.75, 3.05) is 23.9 Å². The molecule has 4 nitrogen and oxygen atoms in total. The first-order chi connectivity index (χ1) is 18.1. The molecule has 1 aliphatic carbocycles. The van der Waals surface area contributed by atoms with E-state index in [1.807, 2.05) is 0 Å². The van der Waals surface area contributed by atoms with Gasteiger partial charge in [0.15, 0.2) is 0 Å². The molecule has 4 heteroatoms. The van der Waals surface area contributed by atoms with E-state index >= 15 is 0 Å². The molecule has 2 heterocycles. The Labute approximate surface area is 229 Å². The molecule has 0 amide bonds. The molecule has 0 aromatic heterocycles. The molecule has 198 valence electrons. The van der Waals surface area contributed by atoms with Gasteiger partial charge in [-0.2, -0.15) is 10.5 Å². The number of likely N-dealkylation sites (N-methyl/N-ethyl adjacent to an activating group) is 2. The molecule has 1 fully saturated rings. The van der Waals surface area contributed by atoms with Crippen molar-refractivity contribution in [1.82, 2.24) is 0 Å². The minimum absolute atomic E-state index is 0.0775. The average molecular weight is 507 g/mol. The van der Waals surface area contributed by atoms with Gasteiger partial charge in [-0.3, -0.25) is 0 Å². The summed E-state index contributed by atoms with van der Waals surface area (Å²) in [5.41, 5.74) is 7.20. The van der Waals surface area contributed by atoms with E-state index in [0.717, 1.165) is 44.1 Å². The number of hydrogen-bond donors (Lipinski definition) is 0. The fraction of sp³-hybridized carbons (Fsp3) is 0.529. The van der Waals surface area contributed by atoms with Crippen molar-refractivity contribution in [1.29, 1.82) is 10.5 Å². The molecule has 2 aliphatic heterocycles. The van der Waals surface area contributed by atoms with Crippen LogP contribution in [0.2, 0.25) is 0 Å². The fourth-order valence-corrected chi connectivity index (χ4v) is 8.35. The maximum Gasteiger partial charge on any atom is 0.129 e. The van der Waals surface area contributed by atoms with Gasteiger partial charge in [-0.15, -0.1) is 0 Å². The lowest BCUT2D eigenvalue weighted by Gasteiger charge is -2.34. The predicted octanol–water partition coefficient (Wildman–Crippen LogP) is 7.51. The van der Waals surface area contributed by atoms with Gasteiger partial charge in [0.05, 0.1) is 0 Å². The number of anilines is 2. The smallest absolute Gasteiger partial charge is 0.129 e. The first kappa shape index (κ1) is 26.4. The molecule has 0 spiro atoms. The Morgan fingerprint density at radius 1 is 0.711 bits per heavy atom. The number of rotatable bonds is 6. The predicted molar refractivity (Wildman–Crippen MR) is 156 cm³/mol. The van der Waals surface area contributed by atoms with Gasteiger partial charge >= 0.3 is 0 Å². The van der Waals surface area contributed by atoms with E-state index in [0.29, 0.717) is 29.5 Å². The second-order valence-electron chi connectivity index (χ2n) is 12.9. The summed E-state index contributed by atoms with van der Waals surface area (Å²) in [7, 11) is 4.45. The summed E-state index contributed by atoms with van der Waals surface area (Å²) in [5, 5.41) is 19.8. The molecule has 2 aromatic carbocycles. The van der Waals surface area contributed by atoms with Crippen LogP contribution in [0.5, 0.6) is 0 Å². The van der Waals surface area contributed by atoms with Crippen molar-refractivity contribution in [2.45, 2.75) is 89.1 Å². The average Bonchev–Trinajstić information content (AvgIpc) is 3.45. The molecule has 0 saturated heterocycles. The minimum Gasteiger partial charge on any atom is -0.370 e. The Bertz CT molecular complexity index is 1220. The number of para-hydroxylation sites is 2. The first-order valence-corrected chi connectivity index (χ1v) is 14.3. The SMILES string of the molecule is CN1c2ccccc2C(C)(C)C1CCC1CCC(CCC2N(C)c3ccccc3C2(C)C)C1=C(C#N)C#N. The van der Waals surface area contributed by atoms with Crippen LogP contribution in [0.25, 0.3) is 0 Å². The van der Waals surface area contributed by atoms with Crippen LogP contribution in [0, 0.1) is 34.5 Å². The summed E-state index contributed by atoms with van der Waals surface area (Å²) in [5.74, 6) is 0.655. The summed E-state index contributed by atoms with van der Waals surface area (Å²) in [6, 6.07) is 23.0. The van der Waals surface area contributed by atoms with Crippen LogP contribution in [0.4, 0.5) is 11.4 Å². The largest absolute Gasteiger partial charge is 0.370 e. The molecule has 38 heavy (non-hydrogen) atoms. The van der Waals surface area contributed by atoms with Crippen molar-refractivity contribution in [3.63, 3.8) is 0 Å². The van der Waals surface area contributed by atoms with Gasteiger partial charge in [0.2, 0.25) is 0 Å². The number of nitrogens with zero attached hydrogens (tertiary/aromatic N) is 4. The topological polar surface area (TPSA) is 54.1 Å². The fourth-order valence-electron chi connectivity index (χ4n) is 8.35. The highest BCUT2D eigenvalue weighted by Gasteiger charge is 2.45. The van der Waals surface area contributed by atoms with Crippen LogP contribution in [0.3, 0.4) is 0 Å². The Kier molecular flexibility index (Phi) is 6.81. The molecular formula is C34H42N4. The second kappa shape index (κ2) is 9.81. The third-order valence-electron chi connectivity index (χ3n) is 10.4. The maximum absolute atomic E-state index is 9.92. The van der Waals surface area contributed by atoms with Crippen LogP contribution >= 0.6 is 0 Å². The van der Waals surface area contributed by atoms with E-state index in [4.69, 9.17) is 0 Å². The lowest BCUT2D eigenvalue weighted by Crippen LogP contribution is -2.39. The molecule has 4 unspecified atom stereocenters. The van der Waals surface area contributed by atoms with Crippen LogP contribution in [0.1, 0.15) is 77.3 Å². The third-order valence-corrected chi connectivity index (χ3v) is 10.4. The van der Waals surface area contributed by atoms with E-state index in [9.17, 15) is 10.5 Å². The Morgan fingerprint density at radius 2 is 1.11 bits per heavy atom. The number of hydrogen-bond acceptors (Lipinski definition) is 4. The quantitative estimate of drug-likeness (QED) is 0.380. The Balaban J connectivity index is 1.31. The zero-order chi connectivity index (χ0) is 27.2. The van der Waals surface area contributed by atoms with Crippen molar-refractivity contribution in [2.24, 2.45) is 11.8 Å². The van der Waals surface area contributed by atoms with E-state index < -0.39 is 0 Å². The van der Waals surface area contributed by atoms with Crippen LogP contribution in [-0.2, 0) is 10.8 Å². The second-order valence-corrected chi connectivity index (χ2v) is 12.9. The summed E-state index contributed by atoms with van der Waals surface area (Å²) < 4.78 is 0. The maximum atomic E-state index is 9.92. The zero-order valence-corrected chi connectivity index (χ0v) is 24.0. The number of benzene rings is 2. The van der Waals surface area contributed by atoms with Crippen molar-refractivity contribution in [3.05, 3.63) is 70.8 Å². The lowest BCUT2D eigenvalue weighted by atomic mass is 9.76. The summed E-state index contributed by atoms with van der Waals surface area (Å²) in [4.78, 5) is 4.91. The van der Waals surface area contributed by atoms with Gasteiger partial charge in [-0.1, -0.05) is 64.1 Å². The number of allylic oxidation sites excluding steroid dienone is 2. The Hall–Kier alpha value is -3.24. The van der Waals surface area contributed by atoms with Gasteiger partial charge in [0, 0.05) is 48.4 Å². The molecule has 0 radical (unpaired) electrons. The first-order valence-electron chi connectivity index (χ1n) is 14.3. The summed E-state index contributed by atoms with van der Waals surface area (Å²) in [6.07, 6.45) is 6.37. The molecule has 2 aromatic rings. The van der Waals surface area contributed by atoms with E-state index in [1.165, 1.54) is 22.5 Å². The molecule has 3 aliphatic rings. The number of nitriles is 2. The Morgan fingerprint density at radius 3 is 1.47 bits per heavy atom. The summed E-state index contributed by atoms with van der Waals surface area (Å²) in [6.45, 7) is 9.45.